The number of anilines is 1. The summed E-state index contributed by atoms with van der Waals surface area (Å²) >= 11 is 11.7. The molecule has 1 amide bonds. The molecule has 0 atom stereocenters. The summed E-state index contributed by atoms with van der Waals surface area (Å²) in [7, 11) is 0. The Labute approximate surface area is 124 Å². The van der Waals surface area contributed by atoms with E-state index in [2.05, 4.69) is 5.32 Å². The van der Waals surface area contributed by atoms with Gasteiger partial charge in [-0.1, -0.05) is 23.2 Å². The van der Waals surface area contributed by atoms with Gasteiger partial charge in [0.05, 0.1) is 27.9 Å². The van der Waals surface area contributed by atoms with E-state index >= 15 is 0 Å². The van der Waals surface area contributed by atoms with Gasteiger partial charge in [-0.3, -0.25) is 4.79 Å². The van der Waals surface area contributed by atoms with Crippen LogP contribution < -0.4 is 5.32 Å². The maximum Gasteiger partial charge on any atom is 0.258 e. The number of halogens is 3. The number of carbonyl (C=O) groups excluding carboxylic acids is 1. The fourth-order valence-corrected chi connectivity index (χ4v) is 1.95. The molecule has 0 spiro atoms. The minimum atomic E-state index is -0.684. The fraction of sp³-hybridized carbons (Fsp3) is 0. The van der Waals surface area contributed by atoms with Crippen LogP contribution in [-0.4, -0.2) is 5.91 Å². The van der Waals surface area contributed by atoms with Crippen LogP contribution in [0.4, 0.5) is 10.1 Å². The molecule has 2 aromatic rings. The van der Waals surface area contributed by atoms with E-state index in [9.17, 15) is 9.18 Å². The number of carbonyl (C=O) groups is 1. The third kappa shape index (κ3) is 3.08. The van der Waals surface area contributed by atoms with Gasteiger partial charge in [-0.2, -0.15) is 5.26 Å². The van der Waals surface area contributed by atoms with E-state index in [4.69, 9.17) is 28.5 Å². The molecule has 2 aromatic carbocycles. The Hall–Kier alpha value is -2.09. The van der Waals surface area contributed by atoms with Crippen LogP contribution in [0, 0.1) is 17.1 Å². The lowest BCUT2D eigenvalue weighted by Gasteiger charge is -2.08. The van der Waals surface area contributed by atoms with Gasteiger partial charge >= 0.3 is 0 Å². The minimum Gasteiger partial charge on any atom is -0.321 e. The van der Waals surface area contributed by atoms with Gasteiger partial charge in [0.2, 0.25) is 0 Å². The molecule has 0 aliphatic carbocycles. The van der Waals surface area contributed by atoms with Crippen LogP contribution in [-0.2, 0) is 0 Å². The number of nitrogens with one attached hydrogen (secondary N) is 1. The number of rotatable bonds is 2. The van der Waals surface area contributed by atoms with E-state index in [1.807, 2.05) is 6.07 Å². The molecule has 20 heavy (non-hydrogen) atoms. The highest BCUT2D eigenvalue weighted by Gasteiger charge is 2.14. The van der Waals surface area contributed by atoms with Gasteiger partial charge < -0.3 is 5.32 Å². The van der Waals surface area contributed by atoms with Crippen molar-refractivity contribution in [2.75, 3.05) is 5.32 Å². The lowest BCUT2D eigenvalue weighted by molar-refractivity contribution is 0.102. The van der Waals surface area contributed by atoms with Crippen LogP contribution in [0.5, 0.6) is 0 Å². The molecular weight excluding hydrogens is 302 g/mol. The number of nitrogens with zero attached hydrogens (tertiary/aromatic N) is 1. The van der Waals surface area contributed by atoms with Crippen molar-refractivity contribution in [1.82, 2.24) is 0 Å². The normalized spacial score (nSPS) is 9.90. The maximum absolute atomic E-state index is 13.5. The van der Waals surface area contributed by atoms with Crippen molar-refractivity contribution >= 4 is 34.8 Å². The third-order valence-electron chi connectivity index (χ3n) is 2.52. The van der Waals surface area contributed by atoms with Gasteiger partial charge in [0.1, 0.15) is 5.82 Å². The molecule has 0 bridgehead atoms. The number of benzene rings is 2. The van der Waals surface area contributed by atoms with Crippen LogP contribution in [0.3, 0.4) is 0 Å². The smallest absolute Gasteiger partial charge is 0.258 e. The average molecular weight is 309 g/mol. The van der Waals surface area contributed by atoms with E-state index in [0.29, 0.717) is 5.56 Å². The highest BCUT2D eigenvalue weighted by Crippen LogP contribution is 2.24. The largest absolute Gasteiger partial charge is 0.321 e. The molecule has 0 heterocycles. The van der Waals surface area contributed by atoms with Crippen molar-refractivity contribution in [1.29, 1.82) is 5.26 Å². The molecule has 0 saturated carbocycles. The molecule has 0 unspecified atom stereocenters. The summed E-state index contributed by atoms with van der Waals surface area (Å²) in [6.07, 6.45) is 0. The van der Waals surface area contributed by atoms with Crippen molar-refractivity contribution in [3.8, 4) is 6.07 Å². The minimum absolute atomic E-state index is 0.182. The van der Waals surface area contributed by atoms with E-state index in [0.717, 1.165) is 6.07 Å². The average Bonchev–Trinajstić information content (AvgIpc) is 2.43. The van der Waals surface area contributed by atoms with Crippen molar-refractivity contribution in [3.63, 3.8) is 0 Å². The third-order valence-corrected chi connectivity index (χ3v) is 3.07. The predicted molar refractivity (Wildman–Crippen MR) is 75.5 cm³/mol. The summed E-state index contributed by atoms with van der Waals surface area (Å²) in [6.45, 7) is 0. The van der Waals surface area contributed by atoms with Gasteiger partial charge in [-0.15, -0.1) is 0 Å². The van der Waals surface area contributed by atoms with Gasteiger partial charge in [-0.05, 0) is 36.4 Å². The van der Waals surface area contributed by atoms with Crippen LogP contribution >= 0.6 is 23.2 Å². The molecule has 0 saturated heterocycles. The summed E-state index contributed by atoms with van der Waals surface area (Å²) in [5.41, 5.74) is 0.468. The molecule has 1 N–H and O–H groups in total. The highest BCUT2D eigenvalue weighted by atomic mass is 35.5. The first kappa shape index (κ1) is 14.3. The summed E-state index contributed by atoms with van der Waals surface area (Å²) in [6, 6.07) is 9.98. The molecule has 100 valence electrons. The van der Waals surface area contributed by atoms with E-state index in [-0.39, 0.29) is 21.3 Å². The SMILES string of the molecule is N#Cc1ccc(NC(=O)c2cc(Cl)ccc2F)c(Cl)c1. The molecule has 0 radical (unpaired) electrons. The van der Waals surface area contributed by atoms with Crippen LogP contribution in [0.2, 0.25) is 10.0 Å². The zero-order valence-corrected chi connectivity index (χ0v) is 11.5. The molecule has 0 aliphatic rings. The van der Waals surface area contributed by atoms with Crippen LogP contribution in [0.1, 0.15) is 15.9 Å². The Bertz CT molecular complexity index is 726. The summed E-state index contributed by atoms with van der Waals surface area (Å²) < 4.78 is 13.5. The number of nitriles is 1. The molecular formula is C14H7Cl2FN2O. The van der Waals surface area contributed by atoms with E-state index in [1.54, 1.807) is 0 Å². The molecule has 2 rings (SSSR count). The second-order valence-corrected chi connectivity index (χ2v) is 4.73. The zero-order chi connectivity index (χ0) is 14.7. The number of hydrogen-bond donors (Lipinski definition) is 1. The van der Waals surface area contributed by atoms with E-state index < -0.39 is 11.7 Å². The van der Waals surface area contributed by atoms with Crippen LogP contribution in [0.25, 0.3) is 0 Å². The first-order valence-electron chi connectivity index (χ1n) is 5.47. The Balaban J connectivity index is 2.28. The molecule has 0 aromatic heterocycles. The Morgan fingerprint density at radius 2 is 1.95 bits per heavy atom. The lowest BCUT2D eigenvalue weighted by Crippen LogP contribution is -2.14. The first-order chi connectivity index (χ1) is 9.51. The van der Waals surface area contributed by atoms with Gasteiger partial charge in [0.25, 0.3) is 5.91 Å². The van der Waals surface area contributed by atoms with Crippen molar-refractivity contribution in [3.05, 3.63) is 63.4 Å². The Kier molecular flexibility index (Phi) is 4.23. The van der Waals surface area contributed by atoms with Crippen LogP contribution in [0.15, 0.2) is 36.4 Å². The van der Waals surface area contributed by atoms with Gasteiger partial charge in [0.15, 0.2) is 0 Å². The second kappa shape index (κ2) is 5.91. The first-order valence-corrected chi connectivity index (χ1v) is 6.23. The zero-order valence-electron chi connectivity index (χ0n) is 9.95. The second-order valence-electron chi connectivity index (χ2n) is 3.88. The molecule has 0 fully saturated rings. The quantitative estimate of drug-likeness (QED) is 0.901. The summed E-state index contributed by atoms with van der Waals surface area (Å²) in [5, 5.41) is 11.6. The topological polar surface area (TPSA) is 52.9 Å². The number of hydrogen-bond acceptors (Lipinski definition) is 2. The molecule has 6 heteroatoms. The summed E-state index contributed by atoms with van der Waals surface area (Å²) in [4.78, 5) is 12.0. The van der Waals surface area contributed by atoms with Gasteiger partial charge in [-0.25, -0.2) is 4.39 Å². The number of amides is 1. The molecule has 0 aliphatic heterocycles. The Morgan fingerprint density at radius 1 is 1.20 bits per heavy atom. The monoisotopic (exact) mass is 308 g/mol. The highest BCUT2D eigenvalue weighted by molar-refractivity contribution is 6.34. The summed E-state index contributed by atoms with van der Waals surface area (Å²) in [5.74, 6) is -1.35. The fourth-order valence-electron chi connectivity index (χ4n) is 1.55. The lowest BCUT2D eigenvalue weighted by atomic mass is 10.2. The standard InChI is InChI=1S/C14H7Cl2FN2O/c15-9-2-3-12(17)10(6-9)14(20)19-13-4-1-8(7-18)5-11(13)16/h1-6H,(H,19,20). The van der Waals surface area contributed by atoms with Crippen molar-refractivity contribution in [2.24, 2.45) is 0 Å². The van der Waals surface area contributed by atoms with Crippen molar-refractivity contribution in [2.45, 2.75) is 0 Å². The Morgan fingerprint density at radius 3 is 2.60 bits per heavy atom. The predicted octanol–water partition coefficient (Wildman–Crippen LogP) is 4.26. The van der Waals surface area contributed by atoms with Crippen molar-refractivity contribution < 1.29 is 9.18 Å². The van der Waals surface area contributed by atoms with Gasteiger partial charge in [0, 0.05) is 5.02 Å². The maximum atomic E-state index is 13.5. The molecule has 3 nitrogen and oxygen atoms in total. The van der Waals surface area contributed by atoms with E-state index in [1.165, 1.54) is 30.3 Å².